The monoisotopic (exact) mass is 284 g/mol. The molecule has 0 rings (SSSR count). The zero-order valence-electron chi connectivity index (χ0n) is 13.6. The van der Waals surface area contributed by atoms with Crippen molar-refractivity contribution in [1.29, 1.82) is 0 Å². The van der Waals surface area contributed by atoms with E-state index in [1.807, 2.05) is 6.08 Å². The molecule has 0 aromatic heterocycles. The average molecular weight is 284 g/mol. The second kappa shape index (κ2) is 16.6. The van der Waals surface area contributed by atoms with Crippen molar-refractivity contribution in [3.8, 4) is 0 Å². The lowest BCUT2D eigenvalue weighted by Gasteiger charge is -2.02. The van der Waals surface area contributed by atoms with E-state index >= 15 is 0 Å². The molecule has 0 aromatic rings. The first-order valence-corrected chi connectivity index (χ1v) is 8.80. The molecule has 0 spiro atoms. The molecule has 0 aromatic carbocycles. The molecule has 0 fully saturated rings. The van der Waals surface area contributed by atoms with Crippen molar-refractivity contribution in [2.24, 2.45) is 0 Å². The molecule has 20 heavy (non-hydrogen) atoms. The van der Waals surface area contributed by atoms with Crippen LogP contribution in [0.2, 0.25) is 0 Å². The molecule has 2 N–H and O–H groups in total. The number of unbranched alkanes of at least 4 members (excludes halogenated alkanes) is 11. The first-order valence-electron chi connectivity index (χ1n) is 8.80. The molecule has 0 atom stereocenters. The fourth-order valence-electron chi connectivity index (χ4n) is 2.42. The number of aliphatic hydroxyl groups is 2. The summed E-state index contributed by atoms with van der Waals surface area (Å²) in [6.45, 7) is 2.57. The SMILES string of the molecule is CCCCCCCC/C(O)=C\CCCCCCCCO. The normalized spacial score (nSPS) is 12.0. The van der Waals surface area contributed by atoms with Gasteiger partial charge in [-0.1, -0.05) is 64.7 Å². The predicted octanol–water partition coefficient (Wildman–Crippen LogP) is 5.90. The Bertz CT molecular complexity index is 211. The molecule has 0 aliphatic carbocycles. The summed E-state index contributed by atoms with van der Waals surface area (Å²) >= 11 is 0. The first kappa shape index (κ1) is 19.5. The Kier molecular flexibility index (Phi) is 16.1. The van der Waals surface area contributed by atoms with Crippen LogP contribution in [0, 0.1) is 0 Å². The van der Waals surface area contributed by atoms with Gasteiger partial charge < -0.3 is 10.2 Å². The minimum Gasteiger partial charge on any atom is -0.513 e. The summed E-state index contributed by atoms with van der Waals surface area (Å²) in [4.78, 5) is 0. The van der Waals surface area contributed by atoms with E-state index in [1.165, 1.54) is 57.8 Å². The molecule has 0 unspecified atom stereocenters. The minimum atomic E-state index is 0.328. The van der Waals surface area contributed by atoms with E-state index in [2.05, 4.69) is 6.92 Å². The van der Waals surface area contributed by atoms with Crippen LogP contribution in [0.1, 0.15) is 96.8 Å². The molecule has 0 radical (unpaired) electrons. The summed E-state index contributed by atoms with van der Waals surface area (Å²) < 4.78 is 0. The topological polar surface area (TPSA) is 40.5 Å². The fraction of sp³-hybridized carbons (Fsp3) is 0.889. The van der Waals surface area contributed by atoms with E-state index in [9.17, 15) is 5.11 Å². The highest BCUT2D eigenvalue weighted by Gasteiger charge is 1.95. The summed E-state index contributed by atoms with van der Waals surface area (Å²) in [5.74, 6) is 0.598. The number of hydrogen-bond acceptors (Lipinski definition) is 2. The molecule has 0 aliphatic heterocycles. The second-order valence-corrected chi connectivity index (χ2v) is 5.85. The highest BCUT2D eigenvalue weighted by Crippen LogP contribution is 2.12. The van der Waals surface area contributed by atoms with Crippen LogP contribution in [0.4, 0.5) is 0 Å². The largest absolute Gasteiger partial charge is 0.513 e. The van der Waals surface area contributed by atoms with E-state index in [0.29, 0.717) is 12.4 Å². The smallest absolute Gasteiger partial charge is 0.0882 e. The lowest BCUT2D eigenvalue weighted by Crippen LogP contribution is -1.86. The van der Waals surface area contributed by atoms with Crippen LogP contribution in [-0.2, 0) is 0 Å². The molecule has 2 heteroatoms. The minimum absolute atomic E-state index is 0.328. The van der Waals surface area contributed by atoms with Gasteiger partial charge in [0, 0.05) is 13.0 Å². The van der Waals surface area contributed by atoms with E-state index in [0.717, 1.165) is 32.1 Å². The van der Waals surface area contributed by atoms with Crippen LogP contribution in [0.3, 0.4) is 0 Å². The van der Waals surface area contributed by atoms with Gasteiger partial charge >= 0.3 is 0 Å². The maximum Gasteiger partial charge on any atom is 0.0882 e. The number of allylic oxidation sites excluding steroid dienone is 2. The van der Waals surface area contributed by atoms with Gasteiger partial charge in [0.15, 0.2) is 0 Å². The molecular weight excluding hydrogens is 248 g/mol. The second-order valence-electron chi connectivity index (χ2n) is 5.85. The highest BCUT2D eigenvalue weighted by atomic mass is 16.3. The van der Waals surface area contributed by atoms with Crippen LogP contribution >= 0.6 is 0 Å². The summed E-state index contributed by atoms with van der Waals surface area (Å²) in [5.41, 5.74) is 0. The van der Waals surface area contributed by atoms with Crippen molar-refractivity contribution >= 4 is 0 Å². The van der Waals surface area contributed by atoms with Gasteiger partial charge in [0.1, 0.15) is 0 Å². The molecule has 0 saturated carbocycles. The Labute approximate surface area is 126 Å². The van der Waals surface area contributed by atoms with Gasteiger partial charge in [-0.05, 0) is 31.8 Å². The van der Waals surface area contributed by atoms with Crippen molar-refractivity contribution in [1.82, 2.24) is 0 Å². The molecule has 120 valence electrons. The average Bonchev–Trinajstić information content (AvgIpc) is 2.45. The summed E-state index contributed by atoms with van der Waals surface area (Å²) in [6, 6.07) is 0. The predicted molar refractivity (Wildman–Crippen MR) is 88.1 cm³/mol. The Balaban J connectivity index is 3.25. The van der Waals surface area contributed by atoms with Crippen LogP contribution in [0.5, 0.6) is 0 Å². The maximum atomic E-state index is 9.76. The lowest BCUT2D eigenvalue weighted by molar-refractivity contribution is 0.282. The van der Waals surface area contributed by atoms with Crippen molar-refractivity contribution < 1.29 is 10.2 Å². The third-order valence-corrected chi connectivity index (χ3v) is 3.78. The van der Waals surface area contributed by atoms with Gasteiger partial charge in [0.2, 0.25) is 0 Å². The van der Waals surface area contributed by atoms with Gasteiger partial charge in [-0.25, -0.2) is 0 Å². The van der Waals surface area contributed by atoms with Crippen molar-refractivity contribution in [3.05, 3.63) is 11.8 Å². The van der Waals surface area contributed by atoms with Crippen LogP contribution < -0.4 is 0 Å². The molecule has 0 heterocycles. The van der Waals surface area contributed by atoms with Crippen LogP contribution in [0.15, 0.2) is 11.8 Å². The summed E-state index contributed by atoms with van der Waals surface area (Å²) in [5, 5.41) is 18.4. The molecule has 0 aliphatic rings. The Morgan fingerprint density at radius 1 is 0.750 bits per heavy atom. The van der Waals surface area contributed by atoms with E-state index in [4.69, 9.17) is 5.11 Å². The van der Waals surface area contributed by atoms with Crippen molar-refractivity contribution in [2.45, 2.75) is 96.8 Å². The zero-order chi connectivity index (χ0) is 14.9. The third kappa shape index (κ3) is 15.6. The highest BCUT2D eigenvalue weighted by molar-refractivity contribution is 4.90. The maximum absolute atomic E-state index is 9.76. The Morgan fingerprint density at radius 3 is 1.95 bits per heavy atom. The van der Waals surface area contributed by atoms with E-state index in [-0.39, 0.29) is 0 Å². The van der Waals surface area contributed by atoms with Crippen LogP contribution in [-0.4, -0.2) is 16.8 Å². The van der Waals surface area contributed by atoms with Crippen LogP contribution in [0.25, 0.3) is 0 Å². The number of rotatable bonds is 15. The van der Waals surface area contributed by atoms with Crippen molar-refractivity contribution in [2.75, 3.05) is 6.61 Å². The summed E-state index contributed by atoms with van der Waals surface area (Å²) in [6.07, 6.45) is 18.6. The molecule has 0 amide bonds. The van der Waals surface area contributed by atoms with E-state index in [1.54, 1.807) is 0 Å². The van der Waals surface area contributed by atoms with Gasteiger partial charge in [0.25, 0.3) is 0 Å². The molecule has 0 bridgehead atoms. The summed E-state index contributed by atoms with van der Waals surface area (Å²) in [7, 11) is 0. The van der Waals surface area contributed by atoms with Gasteiger partial charge in [-0.2, -0.15) is 0 Å². The first-order chi connectivity index (χ1) is 9.81. The standard InChI is InChI=1S/C18H36O2/c1-2-3-4-5-9-12-15-18(20)16-13-10-7-6-8-11-14-17-19/h16,19-20H,2-15,17H2,1H3/b18-16+. The van der Waals surface area contributed by atoms with E-state index < -0.39 is 0 Å². The molecule has 0 saturated heterocycles. The quantitative estimate of drug-likeness (QED) is 0.290. The molecule has 2 nitrogen and oxygen atoms in total. The number of hydrogen-bond donors (Lipinski definition) is 2. The fourth-order valence-corrected chi connectivity index (χ4v) is 2.42. The lowest BCUT2D eigenvalue weighted by atomic mass is 10.1. The van der Waals surface area contributed by atoms with Crippen molar-refractivity contribution in [3.63, 3.8) is 0 Å². The third-order valence-electron chi connectivity index (χ3n) is 3.78. The van der Waals surface area contributed by atoms with Gasteiger partial charge in [0.05, 0.1) is 5.76 Å². The van der Waals surface area contributed by atoms with Gasteiger partial charge in [-0.15, -0.1) is 0 Å². The zero-order valence-corrected chi connectivity index (χ0v) is 13.6. The number of aliphatic hydroxyl groups excluding tert-OH is 2. The Hall–Kier alpha value is -0.500. The van der Waals surface area contributed by atoms with Gasteiger partial charge in [-0.3, -0.25) is 0 Å². The Morgan fingerprint density at radius 2 is 1.30 bits per heavy atom. The molecular formula is C18H36O2.